The Morgan fingerprint density at radius 3 is 2.47 bits per heavy atom. The van der Waals surface area contributed by atoms with E-state index in [0.717, 1.165) is 27.0 Å². The third-order valence-electron chi connectivity index (χ3n) is 5.97. The lowest BCUT2D eigenvalue weighted by molar-refractivity contribution is 0.498. The van der Waals surface area contributed by atoms with Crippen LogP contribution in [0.3, 0.4) is 0 Å². The van der Waals surface area contributed by atoms with Gasteiger partial charge in [-0.2, -0.15) is 5.10 Å². The van der Waals surface area contributed by atoms with Crippen molar-refractivity contribution in [3.63, 3.8) is 0 Å². The zero-order chi connectivity index (χ0) is 25.8. The summed E-state index contributed by atoms with van der Waals surface area (Å²) in [4.78, 5) is 30.5. The van der Waals surface area contributed by atoms with E-state index in [1.807, 2.05) is 45.9 Å². The Bertz CT molecular complexity index is 1540. The summed E-state index contributed by atoms with van der Waals surface area (Å²) in [6.45, 7) is 8.96. The fraction of sp³-hybridized carbons (Fsp3) is 0.286. The molecule has 0 aliphatic heterocycles. The Labute approximate surface area is 210 Å². The predicted octanol–water partition coefficient (Wildman–Crippen LogP) is 4.72. The summed E-state index contributed by atoms with van der Waals surface area (Å²) in [6, 6.07) is 12.0. The van der Waals surface area contributed by atoms with E-state index in [4.69, 9.17) is 5.10 Å². The van der Waals surface area contributed by atoms with Gasteiger partial charge in [-0.25, -0.2) is 9.48 Å². The molecule has 0 saturated heterocycles. The minimum Gasteiger partial charge on any atom is -0.338 e. The van der Waals surface area contributed by atoms with Crippen LogP contribution in [0, 0.1) is 5.92 Å². The minimum atomic E-state index is -0.382. The molecule has 8 heteroatoms. The van der Waals surface area contributed by atoms with Gasteiger partial charge in [0.1, 0.15) is 11.2 Å². The molecule has 4 rings (SSSR count). The van der Waals surface area contributed by atoms with Crippen LogP contribution in [-0.4, -0.2) is 23.9 Å². The van der Waals surface area contributed by atoms with Gasteiger partial charge in [-0.15, -0.1) is 0 Å². The molecule has 0 aliphatic carbocycles. The Morgan fingerprint density at radius 1 is 1.11 bits per heavy atom. The van der Waals surface area contributed by atoms with Crippen molar-refractivity contribution < 1.29 is 0 Å². The van der Waals surface area contributed by atoms with Gasteiger partial charge in [-0.3, -0.25) is 18.9 Å². The average Bonchev–Trinajstić information content (AvgIpc) is 3.22. The number of rotatable bonds is 8. The molecule has 1 aromatic carbocycles. The molecule has 0 bridgehead atoms. The molecule has 186 valence electrons. The molecule has 0 unspecified atom stereocenters. The van der Waals surface area contributed by atoms with Gasteiger partial charge in [-0.05, 0) is 48.6 Å². The summed E-state index contributed by atoms with van der Waals surface area (Å²) in [6.07, 6.45) is 9.55. The number of allylic oxidation sites excluding steroid dienone is 4. The first kappa shape index (κ1) is 24.9. The van der Waals surface area contributed by atoms with Crippen molar-refractivity contribution in [3.8, 4) is 0 Å². The summed E-state index contributed by atoms with van der Waals surface area (Å²) >= 11 is 0. The van der Waals surface area contributed by atoms with E-state index in [1.54, 1.807) is 21.6 Å². The zero-order valence-corrected chi connectivity index (χ0v) is 21.4. The Kier molecular flexibility index (Phi) is 7.33. The Morgan fingerprint density at radius 2 is 1.86 bits per heavy atom. The van der Waals surface area contributed by atoms with Crippen LogP contribution in [0.5, 0.6) is 0 Å². The number of nitrogens with one attached hydrogen (secondary N) is 1. The van der Waals surface area contributed by atoms with Crippen LogP contribution in [0.2, 0.25) is 0 Å². The fourth-order valence-corrected chi connectivity index (χ4v) is 4.22. The van der Waals surface area contributed by atoms with Gasteiger partial charge >= 0.3 is 5.69 Å². The van der Waals surface area contributed by atoms with Crippen LogP contribution in [0.15, 0.2) is 76.6 Å². The molecule has 36 heavy (non-hydrogen) atoms. The summed E-state index contributed by atoms with van der Waals surface area (Å²) < 4.78 is 4.50. The number of hydrogen-bond acceptors (Lipinski definition) is 5. The summed E-state index contributed by atoms with van der Waals surface area (Å²) in [5, 5.41) is 8.49. The number of benzene rings is 1. The van der Waals surface area contributed by atoms with Crippen LogP contribution in [0.1, 0.15) is 38.8 Å². The molecule has 0 spiro atoms. The van der Waals surface area contributed by atoms with E-state index < -0.39 is 0 Å². The number of fused-ring (bicyclic) bond motifs is 1. The van der Waals surface area contributed by atoms with Gasteiger partial charge < -0.3 is 5.32 Å². The van der Waals surface area contributed by atoms with Crippen LogP contribution in [0.25, 0.3) is 16.6 Å². The van der Waals surface area contributed by atoms with E-state index in [-0.39, 0.29) is 17.2 Å². The SMILES string of the molecule is CC=CC(=CC)c1ccc(Cn2nc3c(c2Nc2cccnc2)c(=O)n(C)c(=O)n3CC(C)C)cc1. The van der Waals surface area contributed by atoms with Crippen molar-refractivity contribution >= 4 is 28.1 Å². The molecule has 0 amide bonds. The largest absolute Gasteiger partial charge is 0.338 e. The highest BCUT2D eigenvalue weighted by molar-refractivity contribution is 5.89. The summed E-state index contributed by atoms with van der Waals surface area (Å²) in [5.74, 6) is 0.733. The maximum Gasteiger partial charge on any atom is 0.332 e. The fourth-order valence-electron chi connectivity index (χ4n) is 4.22. The first-order valence-electron chi connectivity index (χ1n) is 12.1. The van der Waals surface area contributed by atoms with E-state index in [9.17, 15) is 9.59 Å². The highest BCUT2D eigenvalue weighted by Gasteiger charge is 2.22. The highest BCUT2D eigenvalue weighted by Crippen LogP contribution is 2.25. The number of hydrogen-bond donors (Lipinski definition) is 1. The van der Waals surface area contributed by atoms with Gasteiger partial charge in [0.2, 0.25) is 0 Å². The Hall–Kier alpha value is -4.20. The smallest absolute Gasteiger partial charge is 0.332 e. The Balaban J connectivity index is 1.87. The maximum absolute atomic E-state index is 13.3. The lowest BCUT2D eigenvalue weighted by Gasteiger charge is -2.11. The number of nitrogens with zero attached hydrogens (tertiary/aromatic N) is 5. The van der Waals surface area contributed by atoms with Crippen molar-refractivity contribution in [1.82, 2.24) is 23.9 Å². The second-order valence-electron chi connectivity index (χ2n) is 9.16. The first-order chi connectivity index (χ1) is 17.3. The van der Waals surface area contributed by atoms with Gasteiger partial charge in [0.25, 0.3) is 5.56 Å². The second kappa shape index (κ2) is 10.6. The maximum atomic E-state index is 13.3. The first-order valence-corrected chi connectivity index (χ1v) is 12.1. The molecule has 0 atom stereocenters. The van der Waals surface area contributed by atoms with E-state index >= 15 is 0 Å². The molecule has 1 N–H and O–H groups in total. The standard InChI is InChI=1S/C28H32N6O2/c1-6-9-21(7-2)22-13-11-20(12-14-22)18-34-25(30-23-10-8-15-29-16-23)24-26(31-34)33(17-19(3)4)28(36)32(5)27(24)35/h6-16,19,30H,17-18H2,1-5H3. The molecule has 3 aromatic heterocycles. The molecule has 4 aromatic rings. The van der Waals surface area contributed by atoms with Crippen molar-refractivity contribution in [2.75, 3.05) is 5.32 Å². The highest BCUT2D eigenvalue weighted by atomic mass is 16.2. The van der Waals surface area contributed by atoms with E-state index in [2.05, 4.69) is 46.7 Å². The molecular formula is C28H32N6O2. The third-order valence-corrected chi connectivity index (χ3v) is 5.97. The van der Waals surface area contributed by atoms with Crippen molar-refractivity contribution in [2.45, 2.75) is 40.8 Å². The quantitative estimate of drug-likeness (QED) is 0.366. The van der Waals surface area contributed by atoms with E-state index in [0.29, 0.717) is 29.9 Å². The lowest BCUT2D eigenvalue weighted by atomic mass is 10.0. The number of aromatic nitrogens is 5. The lowest BCUT2D eigenvalue weighted by Crippen LogP contribution is -2.38. The molecule has 3 heterocycles. The van der Waals surface area contributed by atoms with Crippen molar-refractivity contribution in [3.05, 3.63) is 99.0 Å². The predicted molar refractivity (Wildman–Crippen MR) is 146 cm³/mol. The van der Waals surface area contributed by atoms with Gasteiger partial charge in [0.05, 0.1) is 18.4 Å². The van der Waals surface area contributed by atoms with Crippen LogP contribution in [0.4, 0.5) is 11.5 Å². The van der Waals surface area contributed by atoms with Gasteiger partial charge in [0.15, 0.2) is 5.65 Å². The van der Waals surface area contributed by atoms with Crippen LogP contribution in [-0.2, 0) is 20.1 Å². The van der Waals surface area contributed by atoms with Crippen LogP contribution >= 0.6 is 0 Å². The normalized spacial score (nSPS) is 12.2. The average molecular weight is 485 g/mol. The summed E-state index contributed by atoms with van der Waals surface area (Å²) in [5.41, 5.74) is 3.64. The molecule has 0 saturated carbocycles. The minimum absolute atomic E-state index is 0.203. The zero-order valence-electron chi connectivity index (χ0n) is 21.4. The molecule has 0 fully saturated rings. The molecular weight excluding hydrogens is 452 g/mol. The second-order valence-corrected chi connectivity index (χ2v) is 9.16. The van der Waals surface area contributed by atoms with Crippen LogP contribution < -0.4 is 16.6 Å². The number of anilines is 2. The van der Waals surface area contributed by atoms with Crippen molar-refractivity contribution in [2.24, 2.45) is 13.0 Å². The van der Waals surface area contributed by atoms with E-state index in [1.165, 1.54) is 7.05 Å². The monoisotopic (exact) mass is 484 g/mol. The number of pyridine rings is 1. The third kappa shape index (κ3) is 4.93. The molecule has 0 radical (unpaired) electrons. The van der Waals surface area contributed by atoms with Crippen molar-refractivity contribution in [1.29, 1.82) is 0 Å². The molecule has 0 aliphatic rings. The summed E-state index contributed by atoms with van der Waals surface area (Å²) in [7, 11) is 1.51. The topological polar surface area (TPSA) is 86.7 Å². The van der Waals surface area contributed by atoms with Gasteiger partial charge in [0, 0.05) is 19.8 Å². The van der Waals surface area contributed by atoms with Gasteiger partial charge in [-0.1, -0.05) is 56.3 Å². The molecule has 8 nitrogen and oxygen atoms in total.